The zero-order valence-corrected chi connectivity index (χ0v) is 16.8. The molecule has 0 aliphatic heterocycles. The number of nitrogens with zero attached hydrogens (tertiary/aromatic N) is 2. The van der Waals surface area contributed by atoms with Crippen molar-refractivity contribution in [3.8, 4) is 10.8 Å². The Morgan fingerprint density at radius 1 is 1.03 bits per heavy atom. The van der Waals surface area contributed by atoms with Gasteiger partial charge in [0.25, 0.3) is 11.8 Å². The number of rotatable bonds is 5. The second-order valence-electron chi connectivity index (χ2n) is 6.73. The van der Waals surface area contributed by atoms with Crippen LogP contribution in [0.2, 0.25) is 0 Å². The number of amides is 2. The fraction of sp³-hybridized carbons (Fsp3) is 0.136. The highest BCUT2D eigenvalue weighted by Gasteiger charge is 2.15. The quantitative estimate of drug-likeness (QED) is 0.540. The molecule has 0 atom stereocenters. The third-order valence-electron chi connectivity index (χ3n) is 4.39. The first kappa shape index (κ1) is 18.9. The van der Waals surface area contributed by atoms with Crippen molar-refractivity contribution in [3.05, 3.63) is 77.6 Å². The standard InChI is InChI=1S/C22H19N3O3S/c1-25(2)22(27)15-9-7-14(8-10-15)13-23-20(26)17-11-12-18(28-17)21-24-16-5-3-4-6-19(16)29-21/h3-12H,13H2,1-2H3,(H,23,26). The number of carbonyl (C=O) groups excluding carboxylic acids is 2. The van der Waals surface area contributed by atoms with Gasteiger partial charge in [-0.05, 0) is 42.0 Å². The van der Waals surface area contributed by atoms with E-state index >= 15 is 0 Å². The van der Waals surface area contributed by atoms with Gasteiger partial charge in [-0.25, -0.2) is 4.98 Å². The van der Waals surface area contributed by atoms with Crippen LogP contribution in [0, 0.1) is 0 Å². The zero-order chi connectivity index (χ0) is 20.4. The van der Waals surface area contributed by atoms with E-state index in [0.29, 0.717) is 17.9 Å². The van der Waals surface area contributed by atoms with Crippen LogP contribution >= 0.6 is 11.3 Å². The molecule has 2 aromatic heterocycles. The molecule has 0 fully saturated rings. The lowest BCUT2D eigenvalue weighted by Gasteiger charge is -2.10. The summed E-state index contributed by atoms with van der Waals surface area (Å²) in [4.78, 5) is 30.4. The normalized spacial score (nSPS) is 10.8. The highest BCUT2D eigenvalue weighted by molar-refractivity contribution is 7.21. The summed E-state index contributed by atoms with van der Waals surface area (Å²) >= 11 is 1.52. The van der Waals surface area contributed by atoms with Gasteiger partial charge in [-0.15, -0.1) is 11.3 Å². The number of para-hydroxylation sites is 1. The van der Waals surface area contributed by atoms with E-state index in [-0.39, 0.29) is 17.6 Å². The van der Waals surface area contributed by atoms with Gasteiger partial charge in [-0.2, -0.15) is 0 Å². The third-order valence-corrected chi connectivity index (χ3v) is 5.45. The molecule has 7 heteroatoms. The largest absolute Gasteiger partial charge is 0.448 e. The first-order chi connectivity index (χ1) is 14.0. The van der Waals surface area contributed by atoms with E-state index in [0.717, 1.165) is 20.8 Å². The highest BCUT2D eigenvalue weighted by atomic mass is 32.1. The minimum Gasteiger partial charge on any atom is -0.448 e. The predicted molar refractivity (Wildman–Crippen MR) is 113 cm³/mol. The highest BCUT2D eigenvalue weighted by Crippen LogP contribution is 2.31. The number of fused-ring (bicyclic) bond motifs is 1. The van der Waals surface area contributed by atoms with E-state index in [9.17, 15) is 9.59 Å². The van der Waals surface area contributed by atoms with Crippen molar-refractivity contribution in [2.24, 2.45) is 0 Å². The van der Waals surface area contributed by atoms with Crippen LogP contribution < -0.4 is 5.32 Å². The molecule has 0 radical (unpaired) electrons. The fourth-order valence-corrected chi connectivity index (χ4v) is 3.77. The number of thiazole rings is 1. The van der Waals surface area contributed by atoms with Crippen molar-refractivity contribution in [3.63, 3.8) is 0 Å². The van der Waals surface area contributed by atoms with Crippen molar-refractivity contribution in [2.45, 2.75) is 6.54 Å². The van der Waals surface area contributed by atoms with E-state index in [4.69, 9.17) is 4.42 Å². The summed E-state index contributed by atoms with van der Waals surface area (Å²) in [6, 6.07) is 18.4. The molecule has 0 saturated heterocycles. The maximum absolute atomic E-state index is 12.4. The minimum absolute atomic E-state index is 0.0569. The minimum atomic E-state index is -0.300. The number of benzene rings is 2. The molecule has 29 heavy (non-hydrogen) atoms. The Labute approximate surface area is 171 Å². The van der Waals surface area contributed by atoms with Gasteiger partial charge in [0.05, 0.1) is 10.2 Å². The SMILES string of the molecule is CN(C)C(=O)c1ccc(CNC(=O)c2ccc(-c3nc4ccccc4s3)o2)cc1. The topological polar surface area (TPSA) is 75.4 Å². The molecule has 2 heterocycles. The molecule has 146 valence electrons. The summed E-state index contributed by atoms with van der Waals surface area (Å²) in [6.45, 7) is 0.340. The van der Waals surface area contributed by atoms with Crippen molar-refractivity contribution in [1.82, 2.24) is 15.2 Å². The smallest absolute Gasteiger partial charge is 0.287 e. The third kappa shape index (κ3) is 4.05. The summed E-state index contributed by atoms with van der Waals surface area (Å²) in [5, 5.41) is 3.58. The summed E-state index contributed by atoms with van der Waals surface area (Å²) in [7, 11) is 3.42. The summed E-state index contributed by atoms with van der Waals surface area (Å²) < 4.78 is 6.78. The van der Waals surface area contributed by atoms with Crippen LogP contribution in [0.5, 0.6) is 0 Å². The van der Waals surface area contributed by atoms with Crippen molar-refractivity contribution < 1.29 is 14.0 Å². The van der Waals surface area contributed by atoms with E-state index in [1.165, 1.54) is 16.2 Å². The van der Waals surface area contributed by atoms with E-state index in [1.54, 1.807) is 38.4 Å². The lowest BCUT2D eigenvalue weighted by molar-refractivity contribution is 0.0827. The molecule has 0 saturated carbocycles. The first-order valence-electron chi connectivity index (χ1n) is 9.06. The molecule has 0 spiro atoms. The maximum Gasteiger partial charge on any atom is 0.287 e. The van der Waals surface area contributed by atoms with E-state index in [1.807, 2.05) is 36.4 Å². The Bertz CT molecular complexity index is 1140. The summed E-state index contributed by atoms with van der Waals surface area (Å²) in [5.41, 5.74) is 2.41. The molecule has 4 aromatic rings. The van der Waals surface area contributed by atoms with Crippen LogP contribution in [0.1, 0.15) is 26.5 Å². The second kappa shape index (κ2) is 7.89. The summed E-state index contributed by atoms with van der Waals surface area (Å²) in [6.07, 6.45) is 0. The molecule has 0 aliphatic rings. The Morgan fingerprint density at radius 3 is 2.52 bits per heavy atom. The molecule has 0 bridgehead atoms. The number of hydrogen-bond donors (Lipinski definition) is 1. The predicted octanol–water partition coefficient (Wildman–Crippen LogP) is 4.19. The second-order valence-corrected chi connectivity index (χ2v) is 7.76. The Kier molecular flexibility index (Phi) is 5.14. The van der Waals surface area contributed by atoms with Crippen molar-refractivity contribution in [2.75, 3.05) is 14.1 Å². The molecule has 0 unspecified atom stereocenters. The number of carbonyl (C=O) groups is 2. The van der Waals surface area contributed by atoms with Gasteiger partial charge in [-0.1, -0.05) is 24.3 Å². The van der Waals surface area contributed by atoms with E-state index in [2.05, 4.69) is 10.3 Å². The molecule has 0 aliphatic carbocycles. The van der Waals surface area contributed by atoms with Gasteiger partial charge in [-0.3, -0.25) is 9.59 Å². The van der Waals surface area contributed by atoms with E-state index < -0.39 is 0 Å². The molecule has 6 nitrogen and oxygen atoms in total. The lowest BCUT2D eigenvalue weighted by atomic mass is 10.1. The van der Waals surface area contributed by atoms with Crippen LogP contribution in [-0.2, 0) is 6.54 Å². The van der Waals surface area contributed by atoms with Gasteiger partial charge >= 0.3 is 0 Å². The van der Waals surface area contributed by atoms with Crippen LogP contribution in [0.3, 0.4) is 0 Å². The van der Waals surface area contributed by atoms with Crippen LogP contribution in [0.15, 0.2) is 65.1 Å². The van der Waals surface area contributed by atoms with Crippen LogP contribution in [-0.4, -0.2) is 35.8 Å². The molecule has 4 rings (SSSR count). The van der Waals surface area contributed by atoms with Gasteiger partial charge < -0.3 is 14.6 Å². The Morgan fingerprint density at radius 2 is 1.79 bits per heavy atom. The lowest BCUT2D eigenvalue weighted by Crippen LogP contribution is -2.23. The molecule has 2 aromatic carbocycles. The number of hydrogen-bond acceptors (Lipinski definition) is 5. The number of nitrogens with one attached hydrogen (secondary N) is 1. The van der Waals surface area contributed by atoms with Gasteiger partial charge in [0.15, 0.2) is 16.5 Å². The van der Waals surface area contributed by atoms with Gasteiger partial charge in [0, 0.05) is 26.2 Å². The Balaban J connectivity index is 1.41. The van der Waals surface area contributed by atoms with Crippen molar-refractivity contribution in [1.29, 1.82) is 0 Å². The van der Waals surface area contributed by atoms with Gasteiger partial charge in [0.2, 0.25) is 0 Å². The zero-order valence-electron chi connectivity index (χ0n) is 16.0. The summed E-state index contributed by atoms with van der Waals surface area (Å²) in [5.74, 6) is 0.450. The van der Waals surface area contributed by atoms with Crippen LogP contribution in [0.4, 0.5) is 0 Å². The van der Waals surface area contributed by atoms with Crippen LogP contribution in [0.25, 0.3) is 21.0 Å². The fourth-order valence-electron chi connectivity index (χ4n) is 2.85. The molecule has 1 N–H and O–H groups in total. The average Bonchev–Trinajstić information content (AvgIpc) is 3.38. The molecular formula is C22H19N3O3S. The molecular weight excluding hydrogens is 386 g/mol. The molecule has 2 amide bonds. The number of furan rings is 1. The average molecular weight is 405 g/mol. The Hall–Kier alpha value is -3.45. The number of aromatic nitrogens is 1. The maximum atomic E-state index is 12.4. The van der Waals surface area contributed by atoms with Crippen molar-refractivity contribution >= 4 is 33.4 Å². The van der Waals surface area contributed by atoms with Gasteiger partial charge in [0.1, 0.15) is 0 Å². The monoisotopic (exact) mass is 405 g/mol. The first-order valence-corrected chi connectivity index (χ1v) is 9.87.